The van der Waals surface area contributed by atoms with Crippen LogP contribution in [0.3, 0.4) is 0 Å². The summed E-state index contributed by atoms with van der Waals surface area (Å²) in [6.07, 6.45) is 38.5. The average Bonchev–Trinajstić information content (AvgIpc) is 0.977. The molecule has 0 aliphatic heterocycles. The van der Waals surface area contributed by atoms with Crippen LogP contribution in [-0.2, 0) is 60.9 Å². The van der Waals surface area contributed by atoms with E-state index in [4.69, 9.17) is 32.9 Å². The van der Waals surface area contributed by atoms with Crippen molar-refractivity contribution in [3.05, 3.63) is 203 Å². The fourth-order valence-electron chi connectivity index (χ4n) is 18.6. The molecular formula is C98H119FN8O7. The van der Waals surface area contributed by atoms with Gasteiger partial charge in [0.1, 0.15) is 22.8 Å². The van der Waals surface area contributed by atoms with Crippen LogP contribution in [0.1, 0.15) is 356 Å². The summed E-state index contributed by atoms with van der Waals surface area (Å²) in [5, 5.41) is 18.6. The van der Waals surface area contributed by atoms with Gasteiger partial charge in [-0.3, -0.25) is 24.0 Å². The zero-order chi connectivity index (χ0) is 81.0. The molecule has 0 atom stereocenters. The molecule has 0 spiro atoms. The van der Waals surface area contributed by atoms with Crippen LogP contribution in [0.4, 0.5) is 32.8 Å². The second-order valence-electron chi connectivity index (χ2n) is 37.6. The Balaban J connectivity index is 0.000000132. The van der Waals surface area contributed by atoms with Crippen molar-refractivity contribution in [1.82, 2.24) is 16.0 Å². The van der Waals surface area contributed by atoms with E-state index in [0.717, 1.165) is 113 Å². The van der Waals surface area contributed by atoms with Crippen LogP contribution in [0.25, 0.3) is 24.2 Å². The van der Waals surface area contributed by atoms with Crippen LogP contribution in [0.2, 0.25) is 0 Å². The Morgan fingerprint density at radius 1 is 0.351 bits per heavy atom. The van der Waals surface area contributed by atoms with Gasteiger partial charge in [0.2, 0.25) is 17.7 Å². The van der Waals surface area contributed by atoms with Crippen LogP contribution in [0, 0.1) is 43.7 Å². The van der Waals surface area contributed by atoms with Crippen molar-refractivity contribution in [2.24, 2.45) is 10.8 Å². The number of halogens is 1. The Bertz CT molecular complexity index is 4560. The average molecular weight is 1540 g/mol. The van der Waals surface area contributed by atoms with Crippen molar-refractivity contribution in [3.63, 3.8) is 0 Å². The predicted octanol–water partition coefficient (Wildman–Crippen LogP) is 23.8. The summed E-state index contributed by atoms with van der Waals surface area (Å²) in [6.45, 7) is 46.9. The first-order valence-corrected chi connectivity index (χ1v) is 43.1. The molecule has 0 bridgehead atoms. The molecule has 5 aromatic rings. The van der Waals surface area contributed by atoms with Crippen LogP contribution in [0.15, 0.2) is 84.9 Å². The van der Waals surface area contributed by atoms with Gasteiger partial charge in [0.05, 0.1) is 52.1 Å². The number of ketones is 2. The lowest BCUT2D eigenvalue weighted by Crippen LogP contribution is -2.58. The van der Waals surface area contributed by atoms with Crippen molar-refractivity contribution >= 4 is 63.7 Å². The van der Waals surface area contributed by atoms with E-state index < -0.39 is 17.2 Å². The van der Waals surface area contributed by atoms with Crippen molar-refractivity contribution < 1.29 is 38.3 Å². The number of Topliss-reactive ketones (excluding diaryl/α,β-unsaturated/α-hetero) is 2. The largest absolute Gasteiger partial charge is 0.480 e. The molecule has 15 nitrogen and oxygen atoms in total. The lowest BCUT2D eigenvalue weighted by molar-refractivity contribution is -0.150. The van der Waals surface area contributed by atoms with Gasteiger partial charge in [-0.2, -0.15) is 0 Å². The first-order chi connectivity index (χ1) is 54.6. The summed E-state index contributed by atoms with van der Waals surface area (Å²) in [5.41, 5.74) is 13.5. The summed E-state index contributed by atoms with van der Waals surface area (Å²) in [5.74, 6) is 2.68. The highest BCUT2D eigenvalue weighted by Crippen LogP contribution is 2.53. The molecule has 600 valence electrons. The summed E-state index contributed by atoms with van der Waals surface area (Å²) >= 11 is 0. The molecule has 11 aliphatic rings. The predicted molar refractivity (Wildman–Crippen MR) is 447 cm³/mol. The smallest absolute Gasteiger partial charge is 0.329 e. The van der Waals surface area contributed by atoms with Crippen LogP contribution in [-0.4, -0.2) is 62.6 Å². The van der Waals surface area contributed by atoms with Gasteiger partial charge < -0.3 is 21.1 Å². The molecule has 4 N–H and O–H groups in total. The second kappa shape index (κ2) is 36.7. The third kappa shape index (κ3) is 23.5. The topological polar surface area (TPSA) is 181 Å². The van der Waals surface area contributed by atoms with Crippen molar-refractivity contribution in [3.8, 4) is 0 Å². The maximum Gasteiger partial charge on any atom is 0.329 e. The number of carbonyl (C=O) groups is 6. The number of nitrogens with zero attached hydrogens (tertiary/aromatic N) is 5. The van der Waals surface area contributed by atoms with Gasteiger partial charge in [-0.05, 0) is 289 Å². The summed E-state index contributed by atoms with van der Waals surface area (Å²) < 4.78 is 14.0. The molecule has 114 heavy (non-hydrogen) atoms. The van der Waals surface area contributed by atoms with Gasteiger partial charge in [-0.15, -0.1) is 0 Å². The number of carbonyl (C=O) groups excluding carboxylic acids is 5. The Morgan fingerprint density at radius 2 is 0.632 bits per heavy atom. The highest BCUT2D eigenvalue weighted by Gasteiger charge is 2.47. The number of rotatable bonds is 24. The molecule has 3 amide bonds. The second-order valence-corrected chi connectivity index (χ2v) is 37.6. The lowest BCUT2D eigenvalue weighted by atomic mass is 9.72. The van der Waals surface area contributed by atoms with Gasteiger partial charge in [0.15, 0.2) is 28.4 Å². The maximum atomic E-state index is 14.0. The quantitative estimate of drug-likeness (QED) is 0.0444. The Morgan fingerprint density at radius 3 is 0.921 bits per heavy atom. The van der Waals surface area contributed by atoms with Crippen molar-refractivity contribution in [1.29, 1.82) is 0 Å². The van der Waals surface area contributed by atoms with Crippen molar-refractivity contribution in [2.45, 2.75) is 349 Å². The third-order valence-electron chi connectivity index (χ3n) is 26.5. The minimum absolute atomic E-state index is 0.00708. The standard InChI is InChI=1S/C23H29NO.C20H23FN2O3.C20H25NO.C18H22N2O.C17H20N2O/c1-23(10-4-3-5-11-23)15-19(25)12-16-13-20(17-6-7-17)22(24-2)21(14-16)18-8-9-18;1-19(21)7-9-20(10-8-19,18(25)26)23-17(24)12-13-3-6-16(22-2)15(11-13)14-4-5-14;1-20(10-4-3-5-11-20)14-17(22)12-15-6-9-19(21-2)18(13-15)16-7-8-16;1-18(9-3-4-10-18)20-17(21)12-13-5-8-16(19-2)15(11-13)14-6-7-14;1-17(8-3-9-17)19-16(20)11-12-4-7-15(18-2)14(10-12)13-5-6-13/h13-14,17-18H,3-12,15H2,1H3;3,6,11,14H,4-5,7-10,12H2,1H3,(H,23,24)(H,25,26);6,9,13,16H,3-5,7-8,10-12,14H2,1H3;5,8,11,14H,3-4,6-7,9-10,12H2,1H3,(H,20,21);4,7,10,13H,3,5-6,8-9,11H2,1H3,(H,19,20). The van der Waals surface area contributed by atoms with Gasteiger partial charge in [-0.25, -0.2) is 33.4 Å². The van der Waals surface area contributed by atoms with E-state index in [9.17, 15) is 38.3 Å². The number of amides is 3. The molecule has 11 saturated carbocycles. The number of aliphatic carboxylic acids is 1. The number of alkyl halides is 1. The van der Waals surface area contributed by atoms with Crippen LogP contribution < -0.4 is 16.0 Å². The molecule has 16 heteroatoms. The normalized spacial score (nSPS) is 22.4. The summed E-state index contributed by atoms with van der Waals surface area (Å²) in [7, 11) is 0. The van der Waals surface area contributed by atoms with Crippen LogP contribution >= 0.6 is 0 Å². The van der Waals surface area contributed by atoms with Gasteiger partial charge in [0.25, 0.3) is 0 Å². The number of benzene rings is 5. The molecule has 5 aromatic carbocycles. The van der Waals surface area contributed by atoms with E-state index >= 15 is 0 Å². The van der Waals surface area contributed by atoms with Gasteiger partial charge in [-0.1, -0.05) is 150 Å². The highest BCUT2D eigenvalue weighted by molar-refractivity contribution is 5.89. The number of nitrogens with one attached hydrogen (secondary N) is 3. The first-order valence-electron chi connectivity index (χ1n) is 43.1. The third-order valence-corrected chi connectivity index (χ3v) is 26.5. The number of hydrogen-bond acceptors (Lipinski definition) is 6. The molecular weight excluding hydrogens is 1420 g/mol. The van der Waals surface area contributed by atoms with E-state index in [1.165, 1.54) is 177 Å². The molecule has 0 unspecified atom stereocenters. The van der Waals surface area contributed by atoms with E-state index in [1.54, 1.807) is 12.1 Å². The zero-order valence-corrected chi connectivity index (χ0v) is 68.3. The maximum absolute atomic E-state index is 14.0. The summed E-state index contributed by atoms with van der Waals surface area (Å²) in [4.78, 5) is 92.0. The fraction of sp³-hybridized carbons (Fsp3) is 0.582. The Hall–Kier alpha value is -9.30. The van der Waals surface area contributed by atoms with Crippen LogP contribution in [0.5, 0.6) is 0 Å². The molecule has 0 heterocycles. The Kier molecular flexibility index (Phi) is 27.1. The highest BCUT2D eigenvalue weighted by atomic mass is 19.1. The summed E-state index contributed by atoms with van der Waals surface area (Å²) in [6, 6.07) is 27.5. The van der Waals surface area contributed by atoms with E-state index in [1.807, 2.05) is 42.5 Å². The molecule has 16 rings (SSSR count). The van der Waals surface area contributed by atoms with Crippen molar-refractivity contribution in [2.75, 3.05) is 0 Å². The molecule has 0 aromatic heterocycles. The lowest BCUT2D eigenvalue weighted by Gasteiger charge is -2.39. The SMILES string of the molecule is [C-]#[N+]c1c(C2CC2)cc(CC(=O)CC2(C)CCCCC2)cc1C1CC1.[C-]#[N+]c1ccc(CC(=O)CC2(C)CCCCC2)cc1C1CC1.[C-]#[N+]c1ccc(CC(=O)NC2(C(=O)O)CCC(C)(F)CC2)cc1C1CC1.[C-]#[N+]c1ccc(CC(=O)NC2(C)CCC2)cc1C1CC1.[C-]#[N+]c1ccc(CC(=O)NC2(C)CCCC2)cc1C1CC1. The number of carboxylic acids is 1. The number of hydrogen-bond donors (Lipinski definition) is 4. The molecule has 0 radical (unpaired) electrons. The molecule has 11 aliphatic carbocycles. The minimum Gasteiger partial charge on any atom is -0.480 e. The minimum atomic E-state index is -1.39. The van der Waals surface area contributed by atoms with E-state index in [2.05, 4.69) is 98.2 Å². The first kappa shape index (κ1) is 84.1. The zero-order valence-electron chi connectivity index (χ0n) is 68.3. The number of carboxylic acid groups (broad SMARTS) is 1. The monoisotopic (exact) mass is 1540 g/mol. The van der Waals surface area contributed by atoms with E-state index in [-0.39, 0.29) is 71.7 Å². The molecule has 0 saturated heterocycles. The Labute approximate surface area is 677 Å². The molecule has 11 fully saturated rings. The van der Waals surface area contributed by atoms with Gasteiger partial charge >= 0.3 is 5.97 Å². The van der Waals surface area contributed by atoms with E-state index in [0.29, 0.717) is 78.4 Å². The fourth-order valence-corrected chi connectivity index (χ4v) is 18.6. The van der Waals surface area contributed by atoms with Gasteiger partial charge in [0, 0.05) is 36.8 Å².